The second-order valence-corrected chi connectivity index (χ2v) is 5.70. The van der Waals surface area contributed by atoms with Gasteiger partial charge in [-0.2, -0.15) is 0 Å². The van der Waals surface area contributed by atoms with Gasteiger partial charge in [-0.25, -0.2) is 4.39 Å². The number of hydrogen-bond acceptors (Lipinski definition) is 1. The quantitative estimate of drug-likeness (QED) is 0.819. The van der Waals surface area contributed by atoms with E-state index in [9.17, 15) is 9.18 Å². The summed E-state index contributed by atoms with van der Waals surface area (Å²) < 4.78 is 13.1. The van der Waals surface area contributed by atoms with Gasteiger partial charge in [0, 0.05) is 6.42 Å². The first kappa shape index (κ1) is 13.3. The van der Waals surface area contributed by atoms with Crippen molar-refractivity contribution < 1.29 is 9.18 Å². The molecule has 0 amide bonds. The predicted molar refractivity (Wildman–Crippen MR) is 77.5 cm³/mol. The van der Waals surface area contributed by atoms with Gasteiger partial charge in [0.05, 0.1) is 10.4 Å². The van der Waals surface area contributed by atoms with Crippen molar-refractivity contribution in [2.24, 2.45) is 0 Å². The molecule has 0 aliphatic heterocycles. The molecule has 3 rings (SSSR count). The summed E-state index contributed by atoms with van der Waals surface area (Å²) in [6.45, 7) is 0. The average Bonchev–Trinajstić information content (AvgIpc) is 3.26. The van der Waals surface area contributed by atoms with Crippen LogP contribution < -0.4 is 0 Å². The number of Topliss-reactive ketones (excluding diaryl/α,β-unsaturated/α-hetero) is 1. The van der Waals surface area contributed by atoms with E-state index >= 15 is 0 Å². The van der Waals surface area contributed by atoms with E-state index in [4.69, 9.17) is 11.6 Å². The maximum atomic E-state index is 13.1. The van der Waals surface area contributed by atoms with E-state index in [0.29, 0.717) is 6.42 Å². The second kappa shape index (κ2) is 5.02. The topological polar surface area (TPSA) is 17.1 Å². The molecule has 0 heterocycles. The molecule has 3 heteroatoms. The van der Waals surface area contributed by atoms with E-state index in [1.54, 1.807) is 6.07 Å². The molecule has 1 aliphatic carbocycles. The summed E-state index contributed by atoms with van der Waals surface area (Å²) in [4.78, 5) is 12.6. The number of hydrogen-bond donors (Lipinski definition) is 0. The summed E-state index contributed by atoms with van der Waals surface area (Å²) in [7, 11) is 0. The Morgan fingerprint density at radius 1 is 1.15 bits per heavy atom. The van der Waals surface area contributed by atoms with Crippen molar-refractivity contribution in [2.75, 3.05) is 0 Å². The highest BCUT2D eigenvalue weighted by Gasteiger charge is 2.50. The maximum Gasteiger partial charge on any atom is 0.147 e. The van der Waals surface area contributed by atoms with Gasteiger partial charge in [-0.15, -0.1) is 0 Å². The first-order valence-corrected chi connectivity index (χ1v) is 7.02. The zero-order valence-corrected chi connectivity index (χ0v) is 11.7. The van der Waals surface area contributed by atoms with Crippen LogP contribution in [-0.2, 0) is 16.6 Å². The van der Waals surface area contributed by atoms with Gasteiger partial charge in [-0.3, -0.25) is 4.79 Å². The van der Waals surface area contributed by atoms with Crippen molar-refractivity contribution in [3.63, 3.8) is 0 Å². The van der Waals surface area contributed by atoms with Gasteiger partial charge in [0.15, 0.2) is 0 Å². The lowest BCUT2D eigenvalue weighted by atomic mass is 9.88. The predicted octanol–water partition coefficient (Wildman–Crippen LogP) is 4.32. The van der Waals surface area contributed by atoms with Crippen molar-refractivity contribution in [1.29, 1.82) is 0 Å². The second-order valence-electron chi connectivity index (χ2n) is 5.30. The van der Waals surface area contributed by atoms with Gasteiger partial charge in [0.25, 0.3) is 0 Å². The van der Waals surface area contributed by atoms with Crippen LogP contribution in [0, 0.1) is 5.82 Å². The Hall–Kier alpha value is -1.67. The Labute approximate surface area is 122 Å². The average molecular weight is 289 g/mol. The van der Waals surface area contributed by atoms with Crippen LogP contribution >= 0.6 is 11.6 Å². The summed E-state index contributed by atoms with van der Waals surface area (Å²) in [6, 6.07) is 14.3. The minimum atomic E-state index is -0.452. The first-order chi connectivity index (χ1) is 9.62. The molecule has 2 aromatic rings. The van der Waals surface area contributed by atoms with Crippen LogP contribution in [0.2, 0.25) is 5.02 Å². The summed E-state index contributed by atoms with van der Waals surface area (Å²) in [5.74, 6) is -0.265. The van der Waals surface area contributed by atoms with Gasteiger partial charge >= 0.3 is 0 Å². The molecule has 0 saturated heterocycles. The number of carbonyl (C=O) groups is 1. The van der Waals surface area contributed by atoms with Crippen LogP contribution in [0.1, 0.15) is 24.0 Å². The number of benzene rings is 2. The number of halogens is 2. The lowest BCUT2D eigenvalue weighted by Gasteiger charge is -2.14. The highest BCUT2D eigenvalue weighted by molar-refractivity contribution is 6.30. The van der Waals surface area contributed by atoms with Crippen LogP contribution in [0.3, 0.4) is 0 Å². The van der Waals surface area contributed by atoms with Gasteiger partial charge in [-0.05, 0) is 36.1 Å². The third-order valence-electron chi connectivity index (χ3n) is 3.96. The minimum absolute atomic E-state index is 0.0693. The van der Waals surface area contributed by atoms with Crippen LogP contribution in [0.25, 0.3) is 0 Å². The van der Waals surface area contributed by atoms with Crippen LogP contribution in [0.4, 0.5) is 4.39 Å². The molecular formula is C17H14ClFO. The molecule has 20 heavy (non-hydrogen) atoms. The number of ketones is 1. The Morgan fingerprint density at radius 3 is 2.45 bits per heavy atom. The summed E-state index contributed by atoms with van der Waals surface area (Å²) in [5, 5.41) is 0.0693. The molecule has 102 valence electrons. The largest absolute Gasteiger partial charge is 0.298 e. The monoisotopic (exact) mass is 288 g/mol. The third-order valence-corrected chi connectivity index (χ3v) is 4.25. The molecule has 0 bridgehead atoms. The fourth-order valence-corrected chi connectivity index (χ4v) is 2.82. The number of carbonyl (C=O) groups excluding carboxylic acids is 1. The van der Waals surface area contributed by atoms with Gasteiger partial charge in [-0.1, -0.05) is 48.0 Å². The Kier molecular flexibility index (Phi) is 3.35. The van der Waals surface area contributed by atoms with E-state index in [1.807, 2.05) is 30.3 Å². The van der Waals surface area contributed by atoms with Crippen molar-refractivity contribution in [3.05, 3.63) is 70.5 Å². The molecule has 1 saturated carbocycles. The van der Waals surface area contributed by atoms with Gasteiger partial charge in [0.2, 0.25) is 0 Å². The fraction of sp³-hybridized carbons (Fsp3) is 0.235. The molecular weight excluding hydrogens is 275 g/mol. The minimum Gasteiger partial charge on any atom is -0.298 e. The van der Waals surface area contributed by atoms with Crippen molar-refractivity contribution in [2.45, 2.75) is 24.7 Å². The van der Waals surface area contributed by atoms with E-state index in [1.165, 1.54) is 12.1 Å². The van der Waals surface area contributed by atoms with Crippen LogP contribution in [0.15, 0.2) is 48.5 Å². The molecule has 0 atom stereocenters. The smallest absolute Gasteiger partial charge is 0.147 e. The Bertz CT molecular complexity index is 647. The molecule has 0 radical (unpaired) electrons. The molecule has 1 nitrogen and oxygen atoms in total. The fourth-order valence-electron chi connectivity index (χ4n) is 2.61. The maximum absolute atomic E-state index is 13.1. The van der Waals surface area contributed by atoms with Crippen molar-refractivity contribution in [3.8, 4) is 0 Å². The lowest BCUT2D eigenvalue weighted by Crippen LogP contribution is -2.22. The van der Waals surface area contributed by atoms with Gasteiger partial charge < -0.3 is 0 Å². The molecule has 1 fully saturated rings. The zero-order chi connectivity index (χ0) is 14.2. The highest BCUT2D eigenvalue weighted by Crippen LogP contribution is 2.49. The highest BCUT2D eigenvalue weighted by atomic mass is 35.5. The van der Waals surface area contributed by atoms with Crippen LogP contribution in [0.5, 0.6) is 0 Å². The summed E-state index contributed by atoms with van der Waals surface area (Å²) in [6.07, 6.45) is 2.09. The normalized spacial score (nSPS) is 15.9. The molecule has 0 N–H and O–H groups in total. The van der Waals surface area contributed by atoms with E-state index < -0.39 is 5.82 Å². The number of rotatable bonds is 4. The first-order valence-electron chi connectivity index (χ1n) is 6.65. The standard InChI is InChI=1S/C17H14ClFO/c18-14-10-12(6-7-15(14)19)11-16(20)17(8-9-17)13-4-2-1-3-5-13/h1-7,10H,8-9,11H2. The van der Waals surface area contributed by atoms with E-state index in [0.717, 1.165) is 24.0 Å². The van der Waals surface area contributed by atoms with Crippen molar-refractivity contribution >= 4 is 17.4 Å². The summed E-state index contributed by atoms with van der Waals surface area (Å²) in [5.41, 5.74) is 1.52. The van der Waals surface area contributed by atoms with E-state index in [-0.39, 0.29) is 16.2 Å². The van der Waals surface area contributed by atoms with E-state index in [2.05, 4.69) is 0 Å². The lowest BCUT2D eigenvalue weighted by molar-refractivity contribution is -0.120. The molecule has 0 spiro atoms. The van der Waals surface area contributed by atoms with Crippen LogP contribution in [-0.4, -0.2) is 5.78 Å². The summed E-state index contributed by atoms with van der Waals surface area (Å²) >= 11 is 5.76. The van der Waals surface area contributed by atoms with Crippen molar-refractivity contribution in [1.82, 2.24) is 0 Å². The molecule has 2 aromatic carbocycles. The Balaban J connectivity index is 1.81. The Morgan fingerprint density at radius 2 is 1.85 bits per heavy atom. The molecule has 1 aliphatic rings. The molecule has 0 aromatic heterocycles. The third kappa shape index (κ3) is 2.36. The van der Waals surface area contributed by atoms with Gasteiger partial charge in [0.1, 0.15) is 11.6 Å². The molecule has 0 unspecified atom stereocenters. The zero-order valence-electron chi connectivity index (χ0n) is 10.9. The SMILES string of the molecule is O=C(Cc1ccc(F)c(Cl)c1)C1(c2ccccc2)CC1.